The second kappa shape index (κ2) is 7.06. The van der Waals surface area contributed by atoms with Crippen molar-refractivity contribution in [2.75, 3.05) is 18.0 Å². The van der Waals surface area contributed by atoms with Gasteiger partial charge in [-0.15, -0.1) is 0 Å². The molecule has 1 aliphatic rings. The maximum atomic E-state index is 12.1. The monoisotopic (exact) mass is 299 g/mol. The van der Waals surface area contributed by atoms with Crippen LogP contribution in [0.4, 0.5) is 5.82 Å². The molecule has 0 aliphatic carbocycles. The molecule has 0 bridgehead atoms. The van der Waals surface area contributed by atoms with Gasteiger partial charge in [0.05, 0.1) is 6.33 Å². The zero-order valence-corrected chi connectivity index (χ0v) is 12.6. The van der Waals surface area contributed by atoms with E-state index in [1.54, 1.807) is 12.5 Å². The minimum Gasteiger partial charge on any atom is -0.355 e. The van der Waals surface area contributed by atoms with Crippen molar-refractivity contribution in [2.45, 2.75) is 31.8 Å². The predicted molar refractivity (Wildman–Crippen MR) is 84.5 cm³/mol. The summed E-state index contributed by atoms with van der Waals surface area (Å²) in [5.74, 6) is 1.08. The van der Waals surface area contributed by atoms with Crippen LogP contribution in [0.2, 0.25) is 0 Å². The number of hydrogen-bond donors (Lipinski definition) is 1. The molecule has 0 radical (unpaired) electrons. The molecule has 0 saturated carbocycles. The van der Waals surface area contributed by atoms with Gasteiger partial charge in [0.2, 0.25) is 5.91 Å². The van der Waals surface area contributed by atoms with Gasteiger partial charge in [-0.25, -0.2) is 9.97 Å². The summed E-state index contributed by atoms with van der Waals surface area (Å²) < 4.78 is 1.92. The summed E-state index contributed by atoms with van der Waals surface area (Å²) in [6.45, 7) is 2.49. The minimum atomic E-state index is 0.0987. The molecule has 3 rings (SSSR count). The fourth-order valence-electron chi connectivity index (χ4n) is 2.79. The molecule has 0 aromatic carbocycles. The Morgan fingerprint density at radius 2 is 2.32 bits per heavy atom. The Kier molecular flexibility index (Phi) is 4.68. The standard InChI is InChI=1S/C16H21N5O/c22-16(6-10-20-11-8-17-13-20)19-14-4-3-9-21(12-14)15-5-1-2-7-18-15/h1-2,5,7-8,11,13-14H,3-4,6,9-10,12H2,(H,19,22)/t14-/m0/s1. The Bertz CT molecular complexity index is 584. The number of pyridine rings is 1. The van der Waals surface area contributed by atoms with Gasteiger partial charge in [0.15, 0.2) is 0 Å². The molecular formula is C16H21N5O. The molecule has 22 heavy (non-hydrogen) atoms. The fraction of sp³-hybridized carbons (Fsp3) is 0.438. The molecular weight excluding hydrogens is 278 g/mol. The number of rotatable bonds is 5. The lowest BCUT2D eigenvalue weighted by molar-refractivity contribution is -0.122. The number of piperidine rings is 1. The highest BCUT2D eigenvalue weighted by Gasteiger charge is 2.21. The number of anilines is 1. The lowest BCUT2D eigenvalue weighted by Crippen LogP contribution is -2.48. The Morgan fingerprint density at radius 3 is 3.09 bits per heavy atom. The van der Waals surface area contributed by atoms with Crippen LogP contribution in [-0.2, 0) is 11.3 Å². The van der Waals surface area contributed by atoms with Gasteiger partial charge in [0.1, 0.15) is 5.82 Å². The number of nitrogens with one attached hydrogen (secondary N) is 1. The van der Waals surface area contributed by atoms with E-state index in [1.165, 1.54) is 0 Å². The second-order valence-corrected chi connectivity index (χ2v) is 5.59. The zero-order valence-electron chi connectivity index (χ0n) is 12.6. The van der Waals surface area contributed by atoms with Crippen LogP contribution >= 0.6 is 0 Å². The molecule has 1 atom stereocenters. The number of imidazole rings is 1. The highest BCUT2D eigenvalue weighted by Crippen LogP contribution is 2.17. The molecule has 3 heterocycles. The van der Waals surface area contributed by atoms with Gasteiger partial charge in [-0.1, -0.05) is 6.07 Å². The quantitative estimate of drug-likeness (QED) is 0.908. The maximum absolute atomic E-state index is 12.1. The SMILES string of the molecule is O=C(CCn1ccnc1)N[C@H]1CCCN(c2ccccn2)C1. The third kappa shape index (κ3) is 3.84. The summed E-state index contributed by atoms with van der Waals surface area (Å²) in [6, 6.07) is 6.13. The lowest BCUT2D eigenvalue weighted by Gasteiger charge is -2.34. The van der Waals surface area contributed by atoms with Crippen molar-refractivity contribution in [2.24, 2.45) is 0 Å². The van der Waals surface area contributed by atoms with E-state index in [0.717, 1.165) is 31.7 Å². The van der Waals surface area contributed by atoms with E-state index in [1.807, 2.05) is 35.2 Å². The Hall–Kier alpha value is -2.37. The highest BCUT2D eigenvalue weighted by atomic mass is 16.1. The topological polar surface area (TPSA) is 63.1 Å². The van der Waals surface area contributed by atoms with Crippen LogP contribution in [0.25, 0.3) is 0 Å². The molecule has 1 N–H and O–H groups in total. The number of nitrogens with zero attached hydrogens (tertiary/aromatic N) is 4. The largest absolute Gasteiger partial charge is 0.355 e. The average Bonchev–Trinajstić information content (AvgIpc) is 3.08. The summed E-state index contributed by atoms with van der Waals surface area (Å²) >= 11 is 0. The molecule has 1 saturated heterocycles. The first-order valence-electron chi connectivity index (χ1n) is 7.72. The average molecular weight is 299 g/mol. The summed E-state index contributed by atoms with van der Waals surface area (Å²) in [5.41, 5.74) is 0. The van der Waals surface area contributed by atoms with E-state index in [9.17, 15) is 4.79 Å². The Balaban J connectivity index is 1.48. The van der Waals surface area contributed by atoms with Crippen molar-refractivity contribution in [1.82, 2.24) is 19.9 Å². The summed E-state index contributed by atoms with van der Waals surface area (Å²) in [5, 5.41) is 3.14. The number of aromatic nitrogens is 3. The fourth-order valence-corrected chi connectivity index (χ4v) is 2.79. The van der Waals surface area contributed by atoms with E-state index in [4.69, 9.17) is 0 Å². The molecule has 6 heteroatoms. The van der Waals surface area contributed by atoms with E-state index in [0.29, 0.717) is 13.0 Å². The molecule has 1 aliphatic heterocycles. The molecule has 116 valence electrons. The molecule has 2 aromatic heterocycles. The normalized spacial score (nSPS) is 18.2. The highest BCUT2D eigenvalue weighted by molar-refractivity contribution is 5.76. The van der Waals surface area contributed by atoms with Crippen molar-refractivity contribution in [3.8, 4) is 0 Å². The first-order chi connectivity index (χ1) is 10.8. The van der Waals surface area contributed by atoms with Gasteiger partial charge < -0.3 is 14.8 Å². The van der Waals surface area contributed by atoms with Crippen molar-refractivity contribution >= 4 is 11.7 Å². The van der Waals surface area contributed by atoms with Crippen LogP contribution in [0.1, 0.15) is 19.3 Å². The molecule has 0 unspecified atom stereocenters. The minimum absolute atomic E-state index is 0.0987. The number of aryl methyl sites for hydroxylation is 1. The number of carbonyl (C=O) groups excluding carboxylic acids is 1. The Morgan fingerprint density at radius 1 is 1.36 bits per heavy atom. The predicted octanol–water partition coefficient (Wildman–Crippen LogP) is 1.45. The van der Waals surface area contributed by atoms with Crippen molar-refractivity contribution in [1.29, 1.82) is 0 Å². The summed E-state index contributed by atoms with van der Waals surface area (Å²) in [7, 11) is 0. The maximum Gasteiger partial charge on any atom is 0.222 e. The molecule has 6 nitrogen and oxygen atoms in total. The summed E-state index contributed by atoms with van der Waals surface area (Å²) in [4.78, 5) is 22.7. The van der Waals surface area contributed by atoms with Crippen molar-refractivity contribution in [3.05, 3.63) is 43.1 Å². The second-order valence-electron chi connectivity index (χ2n) is 5.59. The van der Waals surface area contributed by atoms with Crippen molar-refractivity contribution in [3.63, 3.8) is 0 Å². The molecule has 2 aromatic rings. The van der Waals surface area contributed by atoms with Gasteiger partial charge in [0, 0.05) is 50.7 Å². The van der Waals surface area contributed by atoms with Crippen LogP contribution in [0.3, 0.4) is 0 Å². The number of amides is 1. The number of hydrogen-bond acceptors (Lipinski definition) is 4. The molecule has 1 amide bonds. The van der Waals surface area contributed by atoms with Gasteiger partial charge in [-0.3, -0.25) is 4.79 Å². The van der Waals surface area contributed by atoms with Crippen LogP contribution in [0.5, 0.6) is 0 Å². The van der Waals surface area contributed by atoms with Gasteiger partial charge in [-0.2, -0.15) is 0 Å². The third-order valence-electron chi connectivity index (χ3n) is 3.92. The lowest BCUT2D eigenvalue weighted by atomic mass is 10.1. The third-order valence-corrected chi connectivity index (χ3v) is 3.92. The number of carbonyl (C=O) groups is 1. The van der Waals surface area contributed by atoms with Gasteiger partial charge in [-0.05, 0) is 25.0 Å². The van der Waals surface area contributed by atoms with E-state index < -0.39 is 0 Å². The summed E-state index contributed by atoms with van der Waals surface area (Å²) in [6.07, 6.45) is 9.72. The molecule has 0 spiro atoms. The Labute approximate surface area is 130 Å². The first kappa shape index (κ1) is 14.6. The molecule has 1 fully saturated rings. The van der Waals surface area contributed by atoms with Gasteiger partial charge in [0.25, 0.3) is 0 Å². The zero-order chi connectivity index (χ0) is 15.2. The van der Waals surface area contributed by atoms with E-state index >= 15 is 0 Å². The smallest absolute Gasteiger partial charge is 0.222 e. The van der Waals surface area contributed by atoms with Crippen LogP contribution in [0.15, 0.2) is 43.1 Å². The van der Waals surface area contributed by atoms with Crippen molar-refractivity contribution < 1.29 is 4.79 Å². The first-order valence-corrected chi connectivity index (χ1v) is 7.72. The van der Waals surface area contributed by atoms with E-state index in [2.05, 4.69) is 20.2 Å². The van der Waals surface area contributed by atoms with Crippen LogP contribution in [0, 0.1) is 0 Å². The van der Waals surface area contributed by atoms with E-state index in [-0.39, 0.29) is 11.9 Å². The van der Waals surface area contributed by atoms with Gasteiger partial charge >= 0.3 is 0 Å². The van der Waals surface area contributed by atoms with Crippen LogP contribution < -0.4 is 10.2 Å². The van der Waals surface area contributed by atoms with Crippen LogP contribution in [-0.4, -0.2) is 39.6 Å².